The van der Waals surface area contributed by atoms with Crippen molar-refractivity contribution in [2.45, 2.75) is 277 Å². The molecule has 0 aromatic rings. The average molecular weight is 730 g/mol. The lowest BCUT2D eigenvalue weighted by Gasteiger charge is -2.10. The highest BCUT2D eigenvalue weighted by Crippen LogP contribution is 2.47. The highest BCUT2D eigenvalue weighted by molar-refractivity contribution is 7.73. The van der Waals surface area contributed by atoms with Gasteiger partial charge in [0.15, 0.2) is 0 Å². The van der Waals surface area contributed by atoms with E-state index in [4.69, 9.17) is 0 Å². The summed E-state index contributed by atoms with van der Waals surface area (Å²) < 4.78 is 0. The Morgan fingerprint density at radius 1 is 0.204 bits per heavy atom. The maximum absolute atomic E-state index is 2.49. The molecule has 0 heterocycles. The molecule has 0 saturated heterocycles. The summed E-state index contributed by atoms with van der Waals surface area (Å²) in [7, 11) is -0.523. The van der Waals surface area contributed by atoms with Crippen molar-refractivity contribution in [1.82, 2.24) is 0 Å². The molecule has 49 heavy (non-hydrogen) atoms. The Kier molecular flexibility index (Phi) is 47.5. The quantitative estimate of drug-likeness (QED) is 0.0433. The topological polar surface area (TPSA) is 0 Å². The van der Waals surface area contributed by atoms with Crippen molar-refractivity contribution < 1.29 is 12.4 Å². The van der Waals surface area contributed by atoms with E-state index < -0.39 is 7.26 Å². The molecule has 0 aromatic carbocycles. The predicted octanol–water partition coefficient (Wildman–Crippen LogP) is 15.3. The molecular weight excluding hydrogens is 631 g/mol. The molecule has 0 radical (unpaired) electrons. The van der Waals surface area contributed by atoms with Crippen LogP contribution in [-0.2, 0) is 0 Å². The fourth-order valence-corrected chi connectivity index (χ4v) is 8.90. The SMILES string of the molecule is CCCCCCCCCCCCCCCCCCCCCCCCCCCCCCCCCCCCCCCCCCCC[P+](C)(C)C.[Cl-]. The monoisotopic (exact) mass is 729 g/mol. The van der Waals surface area contributed by atoms with Crippen LogP contribution < -0.4 is 12.4 Å². The van der Waals surface area contributed by atoms with Crippen LogP contribution >= 0.6 is 7.26 Å². The zero-order valence-corrected chi connectivity index (χ0v) is 36.9. The molecule has 0 bridgehead atoms. The molecule has 0 fully saturated rings. The van der Waals surface area contributed by atoms with E-state index in [1.54, 1.807) is 0 Å². The Balaban J connectivity index is 0. The van der Waals surface area contributed by atoms with E-state index in [9.17, 15) is 0 Å². The van der Waals surface area contributed by atoms with Gasteiger partial charge in [-0.3, -0.25) is 0 Å². The third kappa shape index (κ3) is 50.9. The van der Waals surface area contributed by atoms with Crippen LogP contribution in [-0.4, -0.2) is 26.2 Å². The molecule has 0 spiro atoms. The van der Waals surface area contributed by atoms with Crippen molar-refractivity contribution in [3.63, 3.8) is 0 Å². The largest absolute Gasteiger partial charge is 1.00 e. The highest BCUT2D eigenvalue weighted by Gasteiger charge is 2.15. The van der Waals surface area contributed by atoms with E-state index in [1.807, 2.05) is 0 Å². The first-order chi connectivity index (χ1) is 23.6. The van der Waals surface area contributed by atoms with Crippen molar-refractivity contribution in [3.8, 4) is 0 Å². The van der Waals surface area contributed by atoms with Crippen molar-refractivity contribution in [1.29, 1.82) is 0 Å². The second kappa shape index (κ2) is 44.9. The molecule has 0 N–H and O–H groups in total. The lowest BCUT2D eigenvalue weighted by atomic mass is 10.0. The third-order valence-electron chi connectivity index (χ3n) is 11.2. The molecule has 0 atom stereocenters. The molecule has 0 aliphatic carbocycles. The minimum atomic E-state index is -0.523. The maximum atomic E-state index is 2.49. The molecule has 0 nitrogen and oxygen atoms in total. The summed E-state index contributed by atoms with van der Waals surface area (Å²) in [5.74, 6) is 0. The summed E-state index contributed by atoms with van der Waals surface area (Å²) in [6.45, 7) is 9.77. The fourth-order valence-electron chi connectivity index (χ4n) is 7.73. The smallest absolute Gasteiger partial charge is 0.0586 e. The Morgan fingerprint density at radius 3 is 0.449 bits per heavy atom. The zero-order chi connectivity index (χ0) is 34.9. The first-order valence-electron chi connectivity index (χ1n) is 23.4. The predicted molar refractivity (Wildman–Crippen MR) is 229 cm³/mol. The normalized spacial score (nSPS) is 11.8. The third-order valence-corrected chi connectivity index (χ3v) is 12.8. The molecule has 0 saturated carbocycles. The van der Waals surface area contributed by atoms with E-state index in [2.05, 4.69) is 26.9 Å². The van der Waals surface area contributed by atoms with Gasteiger partial charge < -0.3 is 12.4 Å². The first kappa shape index (κ1) is 51.8. The summed E-state index contributed by atoms with van der Waals surface area (Å²) in [4.78, 5) is 0. The minimum Gasteiger partial charge on any atom is -1.00 e. The van der Waals surface area contributed by atoms with Gasteiger partial charge in [0.05, 0.1) is 6.16 Å². The van der Waals surface area contributed by atoms with Gasteiger partial charge in [0.1, 0.15) is 0 Å². The number of rotatable bonds is 43. The van der Waals surface area contributed by atoms with Gasteiger partial charge in [-0.15, -0.1) is 0 Å². The highest BCUT2D eigenvalue weighted by atomic mass is 35.5. The molecule has 0 aromatic heterocycles. The van der Waals surface area contributed by atoms with Gasteiger partial charge in [0.2, 0.25) is 0 Å². The molecule has 298 valence electrons. The minimum absolute atomic E-state index is 0. The van der Waals surface area contributed by atoms with Crippen LogP contribution in [0.3, 0.4) is 0 Å². The van der Waals surface area contributed by atoms with Gasteiger partial charge in [-0.25, -0.2) is 0 Å². The van der Waals surface area contributed by atoms with Gasteiger partial charge in [-0.1, -0.05) is 264 Å². The van der Waals surface area contributed by atoms with Crippen LogP contribution in [0.5, 0.6) is 0 Å². The van der Waals surface area contributed by atoms with Gasteiger partial charge in [0, 0.05) is 27.3 Å². The fraction of sp³-hybridized carbons (Fsp3) is 1.00. The summed E-state index contributed by atoms with van der Waals surface area (Å²) >= 11 is 0. The standard InChI is InChI=1S/C47H98P.ClH/c1-5-6-7-8-9-10-11-12-13-14-15-16-17-18-19-20-21-22-23-24-25-26-27-28-29-30-31-32-33-34-35-36-37-38-39-40-41-42-43-44-45-46-47-48(2,3)4;/h5-47H2,1-4H3;1H/q+1;/p-1. The van der Waals surface area contributed by atoms with E-state index in [-0.39, 0.29) is 12.4 Å². The Hall–Kier alpha value is 0.720. The van der Waals surface area contributed by atoms with Gasteiger partial charge in [-0.05, 0) is 12.8 Å². The lowest BCUT2D eigenvalue weighted by Crippen LogP contribution is -3.00. The molecule has 0 amide bonds. The van der Waals surface area contributed by atoms with Crippen LogP contribution in [0, 0.1) is 0 Å². The molecular formula is C47H98ClP. The molecule has 0 rings (SSSR count). The van der Waals surface area contributed by atoms with Gasteiger partial charge in [0.25, 0.3) is 0 Å². The average Bonchev–Trinajstić information content (AvgIpc) is 3.06. The zero-order valence-electron chi connectivity index (χ0n) is 35.2. The number of hydrogen-bond donors (Lipinski definition) is 0. The van der Waals surface area contributed by atoms with Crippen molar-refractivity contribution >= 4 is 7.26 Å². The van der Waals surface area contributed by atoms with Crippen LogP contribution in [0.4, 0.5) is 0 Å². The summed E-state index contributed by atoms with van der Waals surface area (Å²) in [5.41, 5.74) is 0. The molecule has 0 aliphatic heterocycles. The van der Waals surface area contributed by atoms with E-state index in [1.165, 1.54) is 276 Å². The van der Waals surface area contributed by atoms with E-state index in [0.717, 1.165) is 0 Å². The second-order valence-corrected chi connectivity index (χ2v) is 22.5. The number of halogens is 1. The van der Waals surface area contributed by atoms with Crippen LogP contribution in [0.15, 0.2) is 0 Å². The van der Waals surface area contributed by atoms with Crippen LogP contribution in [0.2, 0.25) is 0 Å². The summed E-state index contributed by atoms with van der Waals surface area (Å²) in [6, 6.07) is 0. The first-order valence-corrected chi connectivity index (χ1v) is 26.7. The summed E-state index contributed by atoms with van der Waals surface area (Å²) in [5, 5.41) is 0. The molecule has 0 unspecified atom stereocenters. The van der Waals surface area contributed by atoms with E-state index >= 15 is 0 Å². The Bertz CT molecular complexity index is 555. The Morgan fingerprint density at radius 2 is 0.327 bits per heavy atom. The van der Waals surface area contributed by atoms with Gasteiger partial charge in [-0.2, -0.15) is 0 Å². The van der Waals surface area contributed by atoms with Crippen molar-refractivity contribution in [3.05, 3.63) is 0 Å². The van der Waals surface area contributed by atoms with E-state index in [0.29, 0.717) is 0 Å². The second-order valence-electron chi connectivity index (χ2n) is 17.5. The van der Waals surface area contributed by atoms with Crippen LogP contribution in [0.25, 0.3) is 0 Å². The molecule has 2 heteroatoms. The molecule has 0 aliphatic rings. The number of unbranched alkanes of at least 4 members (excludes halogenated alkanes) is 41. The van der Waals surface area contributed by atoms with Crippen molar-refractivity contribution in [2.75, 3.05) is 26.2 Å². The Labute approximate surface area is 321 Å². The lowest BCUT2D eigenvalue weighted by molar-refractivity contribution is -0.0000109. The number of hydrogen-bond acceptors (Lipinski definition) is 0. The van der Waals surface area contributed by atoms with Crippen molar-refractivity contribution in [2.24, 2.45) is 0 Å². The maximum Gasteiger partial charge on any atom is 0.0586 e. The van der Waals surface area contributed by atoms with Crippen LogP contribution in [0.1, 0.15) is 277 Å². The summed E-state index contributed by atoms with van der Waals surface area (Å²) in [6.07, 6.45) is 64.1. The van der Waals surface area contributed by atoms with Gasteiger partial charge >= 0.3 is 0 Å².